The average Bonchev–Trinajstić information content (AvgIpc) is 2.37. The van der Waals surface area contributed by atoms with Crippen LogP contribution in [-0.4, -0.2) is 28.8 Å². The molecule has 0 N–H and O–H groups in total. The molecule has 2 unspecified atom stereocenters. The highest BCUT2D eigenvalue weighted by Gasteiger charge is 2.26. The van der Waals surface area contributed by atoms with Gasteiger partial charge >= 0.3 is 0 Å². The number of piperidine rings is 1. The van der Waals surface area contributed by atoms with Crippen molar-refractivity contribution >= 4 is 11.6 Å². The molecule has 0 saturated carbocycles. The van der Waals surface area contributed by atoms with E-state index in [0.717, 1.165) is 19.5 Å². The molecule has 1 aliphatic rings. The Morgan fingerprint density at radius 3 is 2.50 bits per heavy atom. The quantitative estimate of drug-likeness (QED) is 0.629. The van der Waals surface area contributed by atoms with Gasteiger partial charge in [0.25, 0.3) is 5.69 Å². The summed E-state index contributed by atoms with van der Waals surface area (Å²) in [6, 6.07) is 6.46. The molecule has 1 aromatic carbocycles. The second-order valence-electron chi connectivity index (χ2n) is 5.81. The lowest BCUT2D eigenvalue weighted by Gasteiger charge is -2.35. The fraction of sp³-hybridized carbons (Fsp3) is 0.533. The Labute approximate surface area is 118 Å². The summed E-state index contributed by atoms with van der Waals surface area (Å²) in [5, 5.41) is 11.0. The number of amides is 1. The van der Waals surface area contributed by atoms with E-state index in [-0.39, 0.29) is 18.0 Å². The lowest BCUT2D eigenvalue weighted by Crippen LogP contribution is -2.43. The van der Waals surface area contributed by atoms with Gasteiger partial charge in [-0.1, -0.05) is 32.0 Å². The molecule has 1 fully saturated rings. The molecule has 1 aliphatic heterocycles. The first-order valence-corrected chi connectivity index (χ1v) is 6.97. The Morgan fingerprint density at radius 2 is 1.90 bits per heavy atom. The minimum atomic E-state index is -0.427. The fourth-order valence-corrected chi connectivity index (χ4v) is 2.98. The van der Waals surface area contributed by atoms with Crippen LogP contribution >= 0.6 is 0 Å². The summed E-state index contributed by atoms with van der Waals surface area (Å²) in [5.74, 6) is 0.972. The molecule has 1 saturated heterocycles. The van der Waals surface area contributed by atoms with Gasteiger partial charge in [-0.3, -0.25) is 14.9 Å². The summed E-state index contributed by atoms with van der Waals surface area (Å²) >= 11 is 0. The van der Waals surface area contributed by atoms with Crippen LogP contribution in [0, 0.1) is 22.0 Å². The molecule has 20 heavy (non-hydrogen) atoms. The number of hydrogen-bond acceptors (Lipinski definition) is 3. The maximum atomic E-state index is 12.3. The third-order valence-electron chi connectivity index (χ3n) is 3.75. The van der Waals surface area contributed by atoms with Crippen molar-refractivity contribution in [2.24, 2.45) is 11.8 Å². The lowest BCUT2D eigenvalue weighted by molar-refractivity contribution is -0.385. The van der Waals surface area contributed by atoms with Crippen LogP contribution in [0.3, 0.4) is 0 Å². The number of rotatable bonds is 3. The van der Waals surface area contributed by atoms with Crippen molar-refractivity contribution in [3.8, 4) is 0 Å². The highest BCUT2D eigenvalue weighted by molar-refractivity contribution is 5.80. The van der Waals surface area contributed by atoms with Gasteiger partial charge in [-0.25, -0.2) is 0 Å². The molecule has 1 heterocycles. The molecular weight excluding hydrogens is 256 g/mol. The summed E-state index contributed by atoms with van der Waals surface area (Å²) in [6.07, 6.45) is 1.24. The van der Waals surface area contributed by atoms with Gasteiger partial charge in [0.2, 0.25) is 5.91 Å². The third kappa shape index (κ3) is 3.35. The van der Waals surface area contributed by atoms with Gasteiger partial charge in [0.05, 0.1) is 11.3 Å². The highest BCUT2D eigenvalue weighted by Crippen LogP contribution is 2.23. The Bertz CT molecular complexity index is 506. The normalized spacial score (nSPS) is 22.6. The first-order valence-electron chi connectivity index (χ1n) is 6.97. The number of nitro groups is 1. The molecular formula is C15H20N2O3. The number of carbonyl (C=O) groups excluding carboxylic acids is 1. The Morgan fingerprint density at radius 1 is 1.30 bits per heavy atom. The van der Waals surface area contributed by atoms with Crippen molar-refractivity contribution < 1.29 is 9.72 Å². The van der Waals surface area contributed by atoms with Crippen LogP contribution in [0.15, 0.2) is 24.3 Å². The number of carbonyl (C=O) groups is 1. The van der Waals surface area contributed by atoms with Crippen LogP contribution in [0.4, 0.5) is 5.69 Å². The van der Waals surface area contributed by atoms with Gasteiger partial charge in [0.15, 0.2) is 0 Å². The van der Waals surface area contributed by atoms with E-state index in [1.165, 1.54) is 6.07 Å². The van der Waals surface area contributed by atoms with Crippen molar-refractivity contribution in [3.05, 3.63) is 39.9 Å². The van der Waals surface area contributed by atoms with Crippen LogP contribution in [0.1, 0.15) is 25.8 Å². The van der Waals surface area contributed by atoms with Crippen LogP contribution in [0.2, 0.25) is 0 Å². The predicted octanol–water partition coefficient (Wildman–Crippen LogP) is 2.64. The minimum Gasteiger partial charge on any atom is -0.342 e. The number of nitrogens with zero attached hydrogens (tertiary/aromatic N) is 2. The van der Waals surface area contributed by atoms with E-state index in [1.54, 1.807) is 18.2 Å². The molecule has 5 nitrogen and oxygen atoms in total. The Hall–Kier alpha value is -1.91. The largest absolute Gasteiger partial charge is 0.342 e. The fourth-order valence-electron chi connectivity index (χ4n) is 2.98. The molecule has 0 aliphatic carbocycles. The van der Waals surface area contributed by atoms with Gasteiger partial charge in [-0.15, -0.1) is 0 Å². The smallest absolute Gasteiger partial charge is 0.273 e. The Balaban J connectivity index is 2.10. The zero-order valence-electron chi connectivity index (χ0n) is 11.9. The number of para-hydroxylation sites is 1. The minimum absolute atomic E-state index is 0.0160. The zero-order chi connectivity index (χ0) is 14.7. The van der Waals surface area contributed by atoms with E-state index in [0.29, 0.717) is 17.4 Å². The predicted molar refractivity (Wildman–Crippen MR) is 76.3 cm³/mol. The summed E-state index contributed by atoms with van der Waals surface area (Å²) < 4.78 is 0. The van der Waals surface area contributed by atoms with Crippen molar-refractivity contribution in [2.45, 2.75) is 26.7 Å². The molecule has 1 amide bonds. The zero-order valence-corrected chi connectivity index (χ0v) is 11.9. The lowest BCUT2D eigenvalue weighted by atomic mass is 9.91. The summed E-state index contributed by atoms with van der Waals surface area (Å²) in [6.45, 7) is 5.79. The topological polar surface area (TPSA) is 63.5 Å². The second-order valence-corrected chi connectivity index (χ2v) is 5.81. The van der Waals surface area contributed by atoms with Crippen molar-refractivity contribution in [3.63, 3.8) is 0 Å². The van der Waals surface area contributed by atoms with Gasteiger partial charge in [-0.2, -0.15) is 0 Å². The third-order valence-corrected chi connectivity index (χ3v) is 3.75. The number of likely N-dealkylation sites (tertiary alicyclic amines) is 1. The molecule has 0 radical (unpaired) electrons. The first kappa shape index (κ1) is 14.5. The van der Waals surface area contributed by atoms with E-state index >= 15 is 0 Å². The molecule has 0 bridgehead atoms. The van der Waals surface area contributed by atoms with Crippen LogP contribution in [0.5, 0.6) is 0 Å². The molecule has 5 heteroatoms. The maximum Gasteiger partial charge on any atom is 0.273 e. The summed E-state index contributed by atoms with van der Waals surface area (Å²) in [5.41, 5.74) is 0.521. The van der Waals surface area contributed by atoms with E-state index in [2.05, 4.69) is 13.8 Å². The Kier molecular flexibility index (Phi) is 4.37. The maximum absolute atomic E-state index is 12.3. The van der Waals surface area contributed by atoms with Gasteiger partial charge in [0.1, 0.15) is 0 Å². The standard InChI is InChI=1S/C15H20N2O3/c1-11-7-12(2)10-16(9-11)15(18)8-13-5-3-4-6-14(13)17(19)20/h3-6,11-12H,7-10H2,1-2H3. The molecule has 0 aromatic heterocycles. The van der Waals surface area contributed by atoms with Crippen LogP contribution < -0.4 is 0 Å². The number of nitro benzene ring substituents is 1. The van der Waals surface area contributed by atoms with E-state index < -0.39 is 4.92 Å². The van der Waals surface area contributed by atoms with Crippen LogP contribution in [-0.2, 0) is 11.2 Å². The van der Waals surface area contributed by atoms with E-state index in [4.69, 9.17) is 0 Å². The molecule has 2 atom stereocenters. The van der Waals surface area contributed by atoms with Crippen molar-refractivity contribution in [1.82, 2.24) is 4.90 Å². The van der Waals surface area contributed by atoms with Gasteiger partial charge in [0, 0.05) is 24.7 Å². The molecule has 2 rings (SSSR count). The monoisotopic (exact) mass is 276 g/mol. The van der Waals surface area contributed by atoms with Crippen molar-refractivity contribution in [2.75, 3.05) is 13.1 Å². The number of hydrogen-bond donors (Lipinski definition) is 0. The number of benzene rings is 1. The average molecular weight is 276 g/mol. The highest BCUT2D eigenvalue weighted by atomic mass is 16.6. The summed E-state index contributed by atoms with van der Waals surface area (Å²) in [4.78, 5) is 24.7. The van der Waals surface area contributed by atoms with E-state index in [9.17, 15) is 14.9 Å². The molecule has 1 aromatic rings. The summed E-state index contributed by atoms with van der Waals surface area (Å²) in [7, 11) is 0. The van der Waals surface area contributed by atoms with Gasteiger partial charge < -0.3 is 4.90 Å². The van der Waals surface area contributed by atoms with E-state index in [1.807, 2.05) is 4.90 Å². The SMILES string of the molecule is CC1CC(C)CN(C(=O)Cc2ccccc2[N+](=O)[O-])C1. The molecule has 108 valence electrons. The molecule has 0 spiro atoms. The van der Waals surface area contributed by atoms with Crippen LogP contribution in [0.25, 0.3) is 0 Å². The first-order chi connectivity index (χ1) is 9.47. The van der Waals surface area contributed by atoms with Gasteiger partial charge in [-0.05, 0) is 18.3 Å². The second kappa shape index (κ2) is 6.03. The van der Waals surface area contributed by atoms with Crippen molar-refractivity contribution in [1.29, 1.82) is 0 Å².